The quantitative estimate of drug-likeness (QED) is 0.764. The van der Waals surface area contributed by atoms with Crippen LogP contribution in [0, 0.1) is 5.92 Å². The lowest BCUT2D eigenvalue weighted by Gasteiger charge is -2.40. The van der Waals surface area contributed by atoms with Crippen LogP contribution in [0.5, 0.6) is 0 Å². The molecule has 1 unspecified atom stereocenters. The zero-order valence-corrected chi connectivity index (χ0v) is 17.2. The molecular formula is C21H33N7. The summed E-state index contributed by atoms with van der Waals surface area (Å²) in [7, 11) is 0. The SMILES string of the molecule is CC(C)C(c1nnnn1C1CCCCC1)N1CCN(Cc2cccnc2)CC1. The Kier molecular flexibility index (Phi) is 6.32. The number of piperazine rings is 1. The van der Waals surface area contributed by atoms with Gasteiger partial charge in [-0.1, -0.05) is 39.2 Å². The number of tetrazole rings is 1. The van der Waals surface area contributed by atoms with Crippen LogP contribution in [0.4, 0.5) is 0 Å². The van der Waals surface area contributed by atoms with Crippen molar-refractivity contribution in [1.29, 1.82) is 0 Å². The fourth-order valence-corrected chi connectivity index (χ4v) is 4.81. The monoisotopic (exact) mass is 383 g/mol. The van der Waals surface area contributed by atoms with Crippen LogP contribution in [0.1, 0.15) is 69.4 Å². The van der Waals surface area contributed by atoms with Crippen molar-refractivity contribution in [2.24, 2.45) is 5.92 Å². The molecule has 0 amide bonds. The maximum Gasteiger partial charge on any atom is 0.168 e. The van der Waals surface area contributed by atoms with E-state index in [2.05, 4.69) is 54.9 Å². The predicted octanol–water partition coefficient (Wildman–Crippen LogP) is 3.09. The lowest BCUT2D eigenvalue weighted by Crippen LogP contribution is -2.48. The summed E-state index contributed by atoms with van der Waals surface area (Å²) in [5.74, 6) is 1.56. The molecule has 0 radical (unpaired) electrons. The molecule has 0 bridgehead atoms. The molecule has 1 aliphatic carbocycles. The van der Waals surface area contributed by atoms with Gasteiger partial charge in [-0.05, 0) is 40.8 Å². The Morgan fingerprint density at radius 1 is 1.07 bits per heavy atom. The molecule has 28 heavy (non-hydrogen) atoms. The highest BCUT2D eigenvalue weighted by Gasteiger charge is 2.33. The Balaban J connectivity index is 1.43. The van der Waals surface area contributed by atoms with Crippen LogP contribution in [-0.2, 0) is 6.54 Å². The van der Waals surface area contributed by atoms with E-state index in [1.54, 1.807) is 0 Å². The van der Waals surface area contributed by atoms with Gasteiger partial charge in [-0.2, -0.15) is 0 Å². The smallest absolute Gasteiger partial charge is 0.168 e. The summed E-state index contributed by atoms with van der Waals surface area (Å²) in [6.07, 6.45) is 10.2. The molecule has 2 fully saturated rings. The molecule has 2 aromatic heterocycles. The van der Waals surface area contributed by atoms with Gasteiger partial charge in [0.15, 0.2) is 5.82 Å². The van der Waals surface area contributed by atoms with Crippen molar-refractivity contribution in [2.75, 3.05) is 26.2 Å². The number of rotatable bonds is 6. The average molecular weight is 384 g/mol. The third kappa shape index (κ3) is 4.41. The third-order valence-corrected chi connectivity index (χ3v) is 6.26. The molecule has 0 N–H and O–H groups in total. The first kappa shape index (κ1) is 19.5. The van der Waals surface area contributed by atoms with Crippen LogP contribution >= 0.6 is 0 Å². The van der Waals surface area contributed by atoms with Crippen molar-refractivity contribution >= 4 is 0 Å². The summed E-state index contributed by atoms with van der Waals surface area (Å²) < 4.78 is 2.16. The molecule has 2 aromatic rings. The first-order valence-electron chi connectivity index (χ1n) is 10.9. The van der Waals surface area contributed by atoms with Gasteiger partial charge in [-0.25, -0.2) is 4.68 Å². The zero-order chi connectivity index (χ0) is 19.3. The highest BCUT2D eigenvalue weighted by Crippen LogP contribution is 2.33. The number of pyridine rings is 1. The molecule has 4 rings (SSSR count). The molecule has 152 valence electrons. The van der Waals surface area contributed by atoms with Crippen LogP contribution in [-0.4, -0.2) is 61.2 Å². The van der Waals surface area contributed by atoms with Crippen LogP contribution in [0.3, 0.4) is 0 Å². The number of aromatic nitrogens is 5. The van der Waals surface area contributed by atoms with Crippen LogP contribution in [0.25, 0.3) is 0 Å². The maximum atomic E-state index is 4.51. The topological polar surface area (TPSA) is 63.0 Å². The summed E-state index contributed by atoms with van der Waals surface area (Å²) in [5, 5.41) is 13.0. The van der Waals surface area contributed by atoms with E-state index in [9.17, 15) is 0 Å². The van der Waals surface area contributed by atoms with Gasteiger partial charge in [0, 0.05) is 45.1 Å². The largest absolute Gasteiger partial charge is 0.296 e. The zero-order valence-electron chi connectivity index (χ0n) is 17.2. The minimum atomic E-state index is 0.289. The van der Waals surface area contributed by atoms with Gasteiger partial charge in [-0.15, -0.1) is 5.10 Å². The number of hydrogen-bond acceptors (Lipinski definition) is 6. The van der Waals surface area contributed by atoms with Gasteiger partial charge in [-0.3, -0.25) is 14.8 Å². The van der Waals surface area contributed by atoms with E-state index in [4.69, 9.17) is 0 Å². The lowest BCUT2D eigenvalue weighted by molar-refractivity contribution is 0.0646. The first-order chi connectivity index (χ1) is 13.7. The Morgan fingerprint density at radius 3 is 2.54 bits per heavy atom. The minimum Gasteiger partial charge on any atom is -0.296 e. The predicted molar refractivity (Wildman–Crippen MR) is 109 cm³/mol. The highest BCUT2D eigenvalue weighted by molar-refractivity contribution is 5.08. The van der Waals surface area contributed by atoms with Gasteiger partial charge in [0.2, 0.25) is 0 Å². The molecular weight excluding hydrogens is 350 g/mol. The van der Waals surface area contributed by atoms with E-state index in [1.807, 2.05) is 18.5 Å². The normalized spacial score (nSPS) is 21.2. The third-order valence-electron chi connectivity index (χ3n) is 6.26. The second kappa shape index (κ2) is 9.09. The van der Waals surface area contributed by atoms with Gasteiger partial charge in [0.05, 0.1) is 12.1 Å². The molecule has 7 heteroatoms. The van der Waals surface area contributed by atoms with Crippen molar-refractivity contribution in [3.63, 3.8) is 0 Å². The molecule has 2 aliphatic rings. The Labute approximate surface area is 168 Å². The Bertz CT molecular complexity index is 715. The number of nitrogens with zero attached hydrogens (tertiary/aromatic N) is 7. The minimum absolute atomic E-state index is 0.289. The van der Waals surface area contributed by atoms with Crippen molar-refractivity contribution in [2.45, 2.75) is 64.6 Å². The van der Waals surface area contributed by atoms with Gasteiger partial charge < -0.3 is 0 Å². The lowest BCUT2D eigenvalue weighted by atomic mass is 9.94. The van der Waals surface area contributed by atoms with Gasteiger partial charge >= 0.3 is 0 Å². The fraction of sp³-hybridized carbons (Fsp3) is 0.714. The molecule has 1 aliphatic heterocycles. The van der Waals surface area contributed by atoms with E-state index in [-0.39, 0.29) is 6.04 Å². The van der Waals surface area contributed by atoms with E-state index >= 15 is 0 Å². The summed E-state index contributed by atoms with van der Waals surface area (Å²) in [5.41, 5.74) is 1.29. The van der Waals surface area contributed by atoms with Crippen molar-refractivity contribution in [3.8, 4) is 0 Å². The van der Waals surface area contributed by atoms with Crippen molar-refractivity contribution in [3.05, 3.63) is 35.9 Å². The van der Waals surface area contributed by atoms with E-state index in [1.165, 1.54) is 37.7 Å². The van der Waals surface area contributed by atoms with Gasteiger partial charge in [0.1, 0.15) is 0 Å². The molecule has 1 saturated carbocycles. The summed E-state index contributed by atoms with van der Waals surface area (Å²) in [6, 6.07) is 4.95. The average Bonchev–Trinajstić information content (AvgIpc) is 3.20. The number of hydrogen-bond donors (Lipinski definition) is 0. The molecule has 1 atom stereocenters. The van der Waals surface area contributed by atoms with Crippen molar-refractivity contribution in [1.82, 2.24) is 35.0 Å². The summed E-state index contributed by atoms with van der Waals surface area (Å²) >= 11 is 0. The molecule has 0 aromatic carbocycles. The first-order valence-corrected chi connectivity index (χ1v) is 10.9. The highest BCUT2D eigenvalue weighted by atomic mass is 15.6. The summed E-state index contributed by atoms with van der Waals surface area (Å²) in [4.78, 5) is 9.36. The second-order valence-electron chi connectivity index (χ2n) is 8.64. The van der Waals surface area contributed by atoms with Crippen LogP contribution < -0.4 is 0 Å². The molecule has 1 saturated heterocycles. The standard InChI is InChI=1S/C21H33N7/c1-17(2)20(21-23-24-25-28(21)19-8-4-3-5-9-19)27-13-11-26(12-14-27)16-18-7-6-10-22-15-18/h6-7,10,15,17,19-20H,3-5,8-9,11-14,16H2,1-2H3. The van der Waals surface area contributed by atoms with Crippen LogP contribution in [0.15, 0.2) is 24.5 Å². The molecule has 3 heterocycles. The molecule has 0 spiro atoms. The second-order valence-corrected chi connectivity index (χ2v) is 8.64. The van der Waals surface area contributed by atoms with E-state index < -0.39 is 0 Å². The van der Waals surface area contributed by atoms with E-state index in [0.29, 0.717) is 12.0 Å². The Hall–Kier alpha value is -1.86. The van der Waals surface area contributed by atoms with Gasteiger partial charge in [0.25, 0.3) is 0 Å². The summed E-state index contributed by atoms with van der Waals surface area (Å²) in [6.45, 7) is 9.83. The Morgan fingerprint density at radius 2 is 1.86 bits per heavy atom. The maximum absolute atomic E-state index is 4.51. The fourth-order valence-electron chi connectivity index (χ4n) is 4.81. The van der Waals surface area contributed by atoms with Crippen LogP contribution in [0.2, 0.25) is 0 Å². The molecule has 7 nitrogen and oxygen atoms in total. The van der Waals surface area contributed by atoms with Crippen molar-refractivity contribution < 1.29 is 0 Å². The van der Waals surface area contributed by atoms with E-state index in [0.717, 1.165) is 38.5 Å².